The number of carbonyl (C=O) groups is 1. The van der Waals surface area contributed by atoms with Crippen LogP contribution < -0.4 is 0 Å². The molecule has 102 valence electrons. The molecule has 0 N–H and O–H groups in total. The molecule has 3 nitrogen and oxygen atoms in total. The van der Waals surface area contributed by atoms with E-state index in [1.165, 1.54) is 0 Å². The topological polar surface area (TPSA) is 35.5 Å². The lowest BCUT2D eigenvalue weighted by Crippen LogP contribution is -2.24. The van der Waals surface area contributed by atoms with E-state index in [0.29, 0.717) is 6.61 Å². The van der Waals surface area contributed by atoms with Crippen molar-refractivity contribution in [3.05, 3.63) is 23.5 Å². The maximum atomic E-state index is 11.4. The minimum Gasteiger partial charge on any atom is -0.548 e. The zero-order chi connectivity index (χ0) is 13.6. The third-order valence-corrected chi connectivity index (χ3v) is 3.43. The number of allylic oxidation sites excluding steroid dienone is 3. The Kier molecular flexibility index (Phi) is 5.66. The number of hydrogen-bond donors (Lipinski definition) is 0. The lowest BCUT2D eigenvalue weighted by molar-refractivity contribution is -0.137. The average Bonchev–Trinajstić information content (AvgIpc) is 2.42. The van der Waals surface area contributed by atoms with Crippen LogP contribution in [0.3, 0.4) is 0 Å². The predicted molar refractivity (Wildman–Crippen MR) is 75.7 cm³/mol. The molecule has 0 aromatic carbocycles. The highest BCUT2D eigenvalue weighted by atomic mass is 28.4. The Balaban J connectivity index is 2.61. The highest BCUT2D eigenvalue weighted by Crippen LogP contribution is 2.24. The zero-order valence-corrected chi connectivity index (χ0v) is 12.9. The Morgan fingerprint density at radius 2 is 2.11 bits per heavy atom. The average molecular weight is 268 g/mol. The molecule has 0 heterocycles. The van der Waals surface area contributed by atoms with Gasteiger partial charge >= 0.3 is 5.97 Å². The summed E-state index contributed by atoms with van der Waals surface area (Å²) in [5.41, 5.74) is 1.14. The molecular formula is C14H24O3Si. The van der Waals surface area contributed by atoms with E-state index in [1.807, 2.05) is 6.92 Å². The summed E-state index contributed by atoms with van der Waals surface area (Å²) < 4.78 is 10.9. The number of carbonyl (C=O) groups excluding carboxylic acids is 1. The quantitative estimate of drug-likeness (QED) is 0.442. The maximum absolute atomic E-state index is 11.4. The molecule has 0 aliphatic heterocycles. The minimum absolute atomic E-state index is 0.226. The van der Waals surface area contributed by atoms with Gasteiger partial charge in [0.25, 0.3) is 0 Å². The molecule has 0 bridgehead atoms. The van der Waals surface area contributed by atoms with Gasteiger partial charge in [-0.05, 0) is 51.9 Å². The van der Waals surface area contributed by atoms with Gasteiger partial charge in [0.1, 0.15) is 0 Å². The molecule has 18 heavy (non-hydrogen) atoms. The standard InChI is InChI=1S/C14H24O3Si/c1-5-16-14(15)11-12-7-6-8-13(10-9-12)17-18(2,3)4/h10-11H,5-9H2,1-4H3/b12-11-. The Morgan fingerprint density at radius 3 is 2.72 bits per heavy atom. The zero-order valence-electron chi connectivity index (χ0n) is 11.9. The normalized spacial score (nSPS) is 19.1. The second-order valence-electron chi connectivity index (χ2n) is 5.50. The number of esters is 1. The van der Waals surface area contributed by atoms with Crippen LogP contribution in [0, 0.1) is 0 Å². The van der Waals surface area contributed by atoms with Gasteiger partial charge in [0.2, 0.25) is 8.32 Å². The highest BCUT2D eigenvalue weighted by molar-refractivity contribution is 6.70. The molecule has 1 aliphatic rings. The van der Waals surface area contributed by atoms with E-state index < -0.39 is 8.32 Å². The molecule has 0 saturated heterocycles. The molecule has 0 atom stereocenters. The van der Waals surface area contributed by atoms with Crippen molar-refractivity contribution in [2.75, 3.05) is 6.61 Å². The van der Waals surface area contributed by atoms with E-state index >= 15 is 0 Å². The van der Waals surface area contributed by atoms with Crippen LogP contribution in [-0.2, 0) is 14.0 Å². The van der Waals surface area contributed by atoms with Crippen LogP contribution in [0.25, 0.3) is 0 Å². The summed E-state index contributed by atoms with van der Waals surface area (Å²) in [6.07, 6.45) is 7.53. The first-order valence-electron chi connectivity index (χ1n) is 6.65. The van der Waals surface area contributed by atoms with Gasteiger partial charge in [-0.15, -0.1) is 0 Å². The minimum atomic E-state index is -1.51. The van der Waals surface area contributed by atoms with Gasteiger partial charge in [-0.3, -0.25) is 0 Å². The number of rotatable bonds is 4. The Labute approximate surface area is 111 Å². The summed E-state index contributed by atoms with van der Waals surface area (Å²) in [6.45, 7) is 8.82. The fourth-order valence-corrected chi connectivity index (χ4v) is 2.88. The molecule has 4 heteroatoms. The van der Waals surface area contributed by atoms with Gasteiger partial charge in [0.05, 0.1) is 12.4 Å². The third kappa shape index (κ3) is 6.05. The van der Waals surface area contributed by atoms with Crippen LogP contribution in [0.1, 0.15) is 32.6 Å². The molecule has 0 unspecified atom stereocenters. The molecule has 0 amide bonds. The van der Waals surface area contributed by atoms with Gasteiger partial charge in [0, 0.05) is 12.5 Å². The van der Waals surface area contributed by atoms with E-state index in [-0.39, 0.29) is 5.97 Å². The first-order valence-corrected chi connectivity index (χ1v) is 10.1. The van der Waals surface area contributed by atoms with Crippen molar-refractivity contribution in [1.29, 1.82) is 0 Å². The fourth-order valence-electron chi connectivity index (χ4n) is 1.91. The van der Waals surface area contributed by atoms with Crippen molar-refractivity contribution < 1.29 is 14.0 Å². The van der Waals surface area contributed by atoms with Crippen LogP contribution >= 0.6 is 0 Å². The monoisotopic (exact) mass is 268 g/mol. The Morgan fingerprint density at radius 1 is 1.39 bits per heavy atom. The second-order valence-corrected chi connectivity index (χ2v) is 9.93. The first kappa shape index (κ1) is 15.0. The smallest absolute Gasteiger partial charge is 0.330 e. The summed E-state index contributed by atoms with van der Waals surface area (Å²) in [5, 5.41) is 0. The van der Waals surface area contributed by atoms with E-state index in [4.69, 9.17) is 9.16 Å². The molecule has 0 fully saturated rings. The SMILES string of the molecule is CCOC(=O)/C=C1\CC=C(O[Si](C)(C)C)CCC1. The van der Waals surface area contributed by atoms with Gasteiger partial charge in [0.15, 0.2) is 0 Å². The third-order valence-electron chi connectivity index (χ3n) is 2.56. The van der Waals surface area contributed by atoms with Crippen molar-refractivity contribution >= 4 is 14.3 Å². The van der Waals surface area contributed by atoms with E-state index in [9.17, 15) is 4.79 Å². The largest absolute Gasteiger partial charge is 0.548 e. The van der Waals surface area contributed by atoms with Crippen LogP contribution in [0.2, 0.25) is 19.6 Å². The van der Waals surface area contributed by atoms with Crippen molar-refractivity contribution in [2.24, 2.45) is 0 Å². The molecule has 0 aromatic heterocycles. The van der Waals surface area contributed by atoms with Gasteiger partial charge in [-0.25, -0.2) is 4.79 Å². The number of hydrogen-bond acceptors (Lipinski definition) is 3. The second kappa shape index (κ2) is 6.78. The van der Waals surface area contributed by atoms with Gasteiger partial charge in [-0.2, -0.15) is 0 Å². The van der Waals surface area contributed by atoms with Crippen LogP contribution in [0.4, 0.5) is 0 Å². The maximum Gasteiger partial charge on any atom is 0.330 e. The summed E-state index contributed by atoms with van der Waals surface area (Å²) in [4.78, 5) is 11.4. The lowest BCUT2D eigenvalue weighted by atomic mass is 10.1. The first-order chi connectivity index (χ1) is 8.40. The van der Waals surface area contributed by atoms with E-state index in [2.05, 4.69) is 25.7 Å². The number of ether oxygens (including phenoxy) is 1. The van der Waals surface area contributed by atoms with Gasteiger partial charge in [-0.1, -0.05) is 5.57 Å². The summed E-state index contributed by atoms with van der Waals surface area (Å²) >= 11 is 0. The highest BCUT2D eigenvalue weighted by Gasteiger charge is 2.18. The van der Waals surface area contributed by atoms with Crippen LogP contribution in [0.5, 0.6) is 0 Å². The lowest BCUT2D eigenvalue weighted by Gasteiger charge is -2.21. The van der Waals surface area contributed by atoms with E-state index in [0.717, 1.165) is 37.0 Å². The molecule has 0 spiro atoms. The van der Waals surface area contributed by atoms with E-state index in [1.54, 1.807) is 6.08 Å². The fraction of sp³-hybridized carbons (Fsp3) is 0.643. The molecule has 1 aliphatic carbocycles. The predicted octanol–water partition coefficient (Wildman–Crippen LogP) is 3.79. The van der Waals surface area contributed by atoms with Crippen molar-refractivity contribution in [3.63, 3.8) is 0 Å². The molecule has 0 radical (unpaired) electrons. The van der Waals surface area contributed by atoms with Crippen molar-refractivity contribution in [2.45, 2.75) is 52.2 Å². The molecule has 0 aromatic rings. The van der Waals surface area contributed by atoms with Crippen molar-refractivity contribution in [1.82, 2.24) is 0 Å². The van der Waals surface area contributed by atoms with Crippen LogP contribution in [0.15, 0.2) is 23.5 Å². The molecule has 1 rings (SSSR count). The molecule has 0 saturated carbocycles. The Bertz CT molecular complexity index is 351. The van der Waals surface area contributed by atoms with Crippen molar-refractivity contribution in [3.8, 4) is 0 Å². The summed E-state index contributed by atoms with van der Waals surface area (Å²) in [7, 11) is -1.51. The molecular weight excluding hydrogens is 244 g/mol. The summed E-state index contributed by atoms with van der Waals surface area (Å²) in [6, 6.07) is 0. The summed E-state index contributed by atoms with van der Waals surface area (Å²) in [5.74, 6) is 0.872. The van der Waals surface area contributed by atoms with Crippen LogP contribution in [-0.4, -0.2) is 20.9 Å². The Hall–Kier alpha value is -1.03. The van der Waals surface area contributed by atoms with Gasteiger partial charge < -0.3 is 9.16 Å².